The molecule has 0 aromatic heterocycles. The van der Waals surface area contributed by atoms with Crippen molar-refractivity contribution in [3.8, 4) is 0 Å². The van der Waals surface area contributed by atoms with E-state index < -0.39 is 0 Å². The Labute approximate surface area is 158 Å². The molecule has 0 radical (unpaired) electrons. The highest BCUT2D eigenvalue weighted by molar-refractivity contribution is 7.80. The summed E-state index contributed by atoms with van der Waals surface area (Å²) >= 11 is 5.52. The molecule has 1 aliphatic rings. The standard InChI is InChI=1S/C20H22FN3OS/c1-15(25)17-4-8-19(9-5-17)22-20(26)24-12-10-23(11-13-24)14-16-2-6-18(21)7-3-16/h2-9H,10-14H2,1H3,(H,22,26)/p+1. The third-order valence-corrected chi connectivity index (χ3v) is 5.03. The van der Waals surface area contributed by atoms with Crippen LogP contribution in [0.2, 0.25) is 0 Å². The van der Waals surface area contributed by atoms with Gasteiger partial charge >= 0.3 is 0 Å². The number of carbonyl (C=O) groups is 1. The van der Waals surface area contributed by atoms with Crippen LogP contribution in [0.5, 0.6) is 0 Å². The van der Waals surface area contributed by atoms with Crippen molar-refractivity contribution in [1.82, 2.24) is 4.90 Å². The third-order valence-electron chi connectivity index (χ3n) is 4.67. The van der Waals surface area contributed by atoms with Gasteiger partial charge in [0.2, 0.25) is 0 Å². The molecule has 0 bridgehead atoms. The number of rotatable bonds is 4. The number of Topliss-reactive ketones (excluding diaryl/α,β-unsaturated/α-hetero) is 1. The second kappa shape index (κ2) is 8.38. The number of nitrogens with zero attached hydrogens (tertiary/aromatic N) is 1. The summed E-state index contributed by atoms with van der Waals surface area (Å²) in [7, 11) is 0. The monoisotopic (exact) mass is 372 g/mol. The van der Waals surface area contributed by atoms with Crippen molar-refractivity contribution in [3.63, 3.8) is 0 Å². The molecule has 4 nitrogen and oxygen atoms in total. The van der Waals surface area contributed by atoms with E-state index in [0.717, 1.165) is 44.0 Å². The Balaban J connectivity index is 1.48. The lowest BCUT2D eigenvalue weighted by Gasteiger charge is -2.34. The number of hydrogen-bond donors (Lipinski definition) is 2. The maximum absolute atomic E-state index is 13.0. The summed E-state index contributed by atoms with van der Waals surface area (Å²) < 4.78 is 13.0. The summed E-state index contributed by atoms with van der Waals surface area (Å²) in [6, 6.07) is 14.1. The van der Waals surface area contributed by atoms with Gasteiger partial charge in [-0.1, -0.05) is 12.1 Å². The zero-order valence-electron chi connectivity index (χ0n) is 14.8. The molecule has 2 aromatic rings. The van der Waals surface area contributed by atoms with Gasteiger partial charge in [-0.25, -0.2) is 4.39 Å². The molecule has 26 heavy (non-hydrogen) atoms. The van der Waals surface area contributed by atoms with Gasteiger partial charge in [-0.2, -0.15) is 0 Å². The number of ketones is 1. The molecule has 2 aromatic carbocycles. The van der Waals surface area contributed by atoms with E-state index in [1.807, 2.05) is 24.3 Å². The van der Waals surface area contributed by atoms with Gasteiger partial charge in [0.05, 0.1) is 26.2 Å². The van der Waals surface area contributed by atoms with E-state index in [1.165, 1.54) is 17.0 Å². The van der Waals surface area contributed by atoms with Gasteiger partial charge in [0.15, 0.2) is 10.9 Å². The Bertz CT molecular complexity index is 769. The first kappa shape index (κ1) is 18.5. The Morgan fingerprint density at radius 1 is 1.12 bits per heavy atom. The van der Waals surface area contributed by atoms with Crippen LogP contribution in [-0.2, 0) is 6.54 Å². The number of quaternary nitrogens is 1. The Morgan fingerprint density at radius 2 is 1.73 bits per heavy atom. The zero-order chi connectivity index (χ0) is 18.5. The second-order valence-electron chi connectivity index (χ2n) is 6.60. The normalized spacial score (nSPS) is 14.9. The largest absolute Gasteiger partial charge is 0.338 e. The van der Waals surface area contributed by atoms with Crippen LogP contribution in [0.15, 0.2) is 48.5 Å². The van der Waals surface area contributed by atoms with Crippen LogP contribution in [0.25, 0.3) is 0 Å². The SMILES string of the molecule is CC(=O)c1ccc(NC(=S)N2CC[NH+](Cc3ccc(F)cc3)CC2)cc1. The maximum atomic E-state index is 13.0. The Morgan fingerprint density at radius 3 is 2.31 bits per heavy atom. The highest BCUT2D eigenvalue weighted by atomic mass is 32.1. The molecule has 0 aliphatic carbocycles. The molecule has 6 heteroatoms. The van der Waals surface area contributed by atoms with E-state index in [-0.39, 0.29) is 11.6 Å². The summed E-state index contributed by atoms with van der Waals surface area (Å²) in [4.78, 5) is 15.0. The number of nitrogens with one attached hydrogen (secondary N) is 2. The molecule has 2 N–H and O–H groups in total. The van der Waals surface area contributed by atoms with E-state index in [1.54, 1.807) is 19.1 Å². The molecule has 136 valence electrons. The summed E-state index contributed by atoms with van der Waals surface area (Å²) in [5.74, 6) is -0.138. The molecule has 0 spiro atoms. The first-order valence-electron chi connectivity index (χ1n) is 8.76. The highest BCUT2D eigenvalue weighted by Gasteiger charge is 2.22. The molecule has 1 heterocycles. The molecular weight excluding hydrogens is 349 g/mol. The lowest BCUT2D eigenvalue weighted by molar-refractivity contribution is -0.917. The summed E-state index contributed by atoms with van der Waals surface area (Å²) in [5.41, 5.74) is 2.74. The molecule has 0 saturated carbocycles. The Kier molecular flexibility index (Phi) is 5.96. The minimum absolute atomic E-state index is 0.0550. The number of halogens is 1. The molecule has 0 amide bonds. The summed E-state index contributed by atoms with van der Waals surface area (Å²) in [6.07, 6.45) is 0. The molecule has 1 aliphatic heterocycles. The van der Waals surface area contributed by atoms with Crippen LogP contribution < -0.4 is 10.2 Å². The molecule has 1 fully saturated rings. The van der Waals surface area contributed by atoms with Crippen LogP contribution in [0.3, 0.4) is 0 Å². The molecule has 0 atom stereocenters. The summed E-state index contributed by atoms with van der Waals surface area (Å²) in [5, 5.41) is 3.95. The zero-order valence-corrected chi connectivity index (χ0v) is 15.6. The molecular formula is C20H23FN3OS+. The fraction of sp³-hybridized carbons (Fsp3) is 0.300. The maximum Gasteiger partial charge on any atom is 0.173 e. The van der Waals surface area contributed by atoms with Gasteiger partial charge in [-0.3, -0.25) is 4.79 Å². The Hall–Kier alpha value is -2.31. The number of carbonyl (C=O) groups excluding carboxylic acids is 1. The third kappa shape index (κ3) is 4.86. The van der Waals surface area contributed by atoms with Crippen molar-refractivity contribution in [2.75, 3.05) is 31.5 Å². The number of benzene rings is 2. The van der Waals surface area contributed by atoms with E-state index >= 15 is 0 Å². The van der Waals surface area contributed by atoms with E-state index in [0.29, 0.717) is 10.7 Å². The fourth-order valence-corrected chi connectivity index (χ4v) is 3.38. The average molecular weight is 372 g/mol. The lowest BCUT2D eigenvalue weighted by atomic mass is 10.1. The highest BCUT2D eigenvalue weighted by Crippen LogP contribution is 2.11. The van der Waals surface area contributed by atoms with E-state index in [9.17, 15) is 9.18 Å². The van der Waals surface area contributed by atoms with Crippen molar-refractivity contribution in [2.24, 2.45) is 0 Å². The van der Waals surface area contributed by atoms with Crippen molar-refractivity contribution in [3.05, 3.63) is 65.5 Å². The van der Waals surface area contributed by atoms with Gasteiger partial charge in [0, 0.05) is 16.8 Å². The van der Waals surface area contributed by atoms with Crippen molar-refractivity contribution >= 4 is 28.8 Å². The molecule has 1 saturated heterocycles. The van der Waals surface area contributed by atoms with Crippen LogP contribution in [0, 0.1) is 5.82 Å². The van der Waals surface area contributed by atoms with Crippen LogP contribution in [-0.4, -0.2) is 42.0 Å². The number of hydrogen-bond acceptors (Lipinski definition) is 2. The van der Waals surface area contributed by atoms with Crippen molar-refractivity contribution in [1.29, 1.82) is 0 Å². The van der Waals surface area contributed by atoms with Gasteiger partial charge in [0.1, 0.15) is 12.4 Å². The first-order chi connectivity index (χ1) is 12.5. The van der Waals surface area contributed by atoms with Gasteiger partial charge < -0.3 is 15.1 Å². The van der Waals surface area contributed by atoms with Gasteiger partial charge in [0.25, 0.3) is 0 Å². The first-order valence-corrected chi connectivity index (χ1v) is 9.17. The van der Waals surface area contributed by atoms with Crippen LogP contribution >= 0.6 is 12.2 Å². The smallest absolute Gasteiger partial charge is 0.173 e. The van der Waals surface area contributed by atoms with Gasteiger partial charge in [-0.05, 0) is 55.5 Å². The average Bonchev–Trinajstić information content (AvgIpc) is 2.64. The molecule has 0 unspecified atom stereocenters. The second-order valence-corrected chi connectivity index (χ2v) is 6.99. The quantitative estimate of drug-likeness (QED) is 0.637. The van der Waals surface area contributed by atoms with Crippen molar-refractivity contribution < 1.29 is 14.1 Å². The minimum atomic E-state index is -0.193. The fourth-order valence-electron chi connectivity index (χ4n) is 3.08. The lowest BCUT2D eigenvalue weighted by Crippen LogP contribution is -3.13. The minimum Gasteiger partial charge on any atom is -0.338 e. The number of thiocarbonyl (C=S) groups is 1. The predicted octanol–water partition coefficient (Wildman–Crippen LogP) is 2.13. The summed E-state index contributed by atoms with van der Waals surface area (Å²) in [6.45, 7) is 6.20. The van der Waals surface area contributed by atoms with Crippen LogP contribution in [0.4, 0.5) is 10.1 Å². The number of piperazine rings is 1. The topological polar surface area (TPSA) is 36.8 Å². The van der Waals surface area contributed by atoms with Crippen LogP contribution in [0.1, 0.15) is 22.8 Å². The molecule has 3 rings (SSSR count). The van der Waals surface area contributed by atoms with Crippen molar-refractivity contribution in [2.45, 2.75) is 13.5 Å². The number of anilines is 1. The van der Waals surface area contributed by atoms with Gasteiger partial charge in [-0.15, -0.1) is 0 Å². The van der Waals surface area contributed by atoms with E-state index in [4.69, 9.17) is 12.2 Å². The van der Waals surface area contributed by atoms with E-state index in [2.05, 4.69) is 10.2 Å². The predicted molar refractivity (Wildman–Crippen MR) is 105 cm³/mol.